The molecule has 6 heteroatoms. The van der Waals surface area contributed by atoms with Crippen molar-refractivity contribution in [2.45, 2.75) is 25.4 Å². The molecule has 20 heavy (non-hydrogen) atoms. The molecule has 0 radical (unpaired) electrons. The summed E-state index contributed by atoms with van der Waals surface area (Å²) in [5.74, 6) is 0. The molecule has 2 N–H and O–H groups in total. The van der Waals surface area contributed by atoms with E-state index in [1.54, 1.807) is 12.1 Å². The summed E-state index contributed by atoms with van der Waals surface area (Å²) in [6.07, 6.45) is 2.38. The van der Waals surface area contributed by atoms with Gasteiger partial charge >= 0.3 is 0 Å². The number of likely N-dealkylation sites (N-methyl/N-ethyl adjacent to an activating group) is 2. The Bertz CT molecular complexity index is 492. The number of anilines is 1. The molecular formula is C14H22N4O2. The number of likely N-dealkylation sites (tertiary alicyclic amines) is 1. The second-order valence-electron chi connectivity index (χ2n) is 5.62. The molecule has 1 aromatic rings. The van der Waals surface area contributed by atoms with Crippen molar-refractivity contribution in [3.05, 3.63) is 33.9 Å². The quantitative estimate of drug-likeness (QED) is 0.515. The molecule has 1 fully saturated rings. The molecule has 1 aromatic carbocycles. The highest BCUT2D eigenvalue weighted by Gasteiger charge is 2.21. The van der Waals surface area contributed by atoms with Crippen LogP contribution in [0.15, 0.2) is 18.2 Å². The lowest BCUT2D eigenvalue weighted by atomic mass is 10.0. The Morgan fingerprint density at radius 2 is 2.30 bits per heavy atom. The first kappa shape index (κ1) is 14.7. The maximum absolute atomic E-state index is 10.9. The van der Waals surface area contributed by atoms with Gasteiger partial charge in [0, 0.05) is 25.2 Å². The summed E-state index contributed by atoms with van der Waals surface area (Å²) in [4.78, 5) is 15.1. The molecule has 1 aliphatic heterocycles. The highest BCUT2D eigenvalue weighted by Crippen LogP contribution is 2.24. The fraction of sp³-hybridized carbons (Fsp3) is 0.571. The van der Waals surface area contributed by atoms with Crippen molar-refractivity contribution in [2.24, 2.45) is 0 Å². The Hall–Kier alpha value is -1.66. The third-order valence-corrected chi connectivity index (χ3v) is 3.95. The van der Waals surface area contributed by atoms with Crippen LogP contribution in [-0.2, 0) is 6.54 Å². The van der Waals surface area contributed by atoms with Crippen LogP contribution in [0.1, 0.15) is 18.4 Å². The van der Waals surface area contributed by atoms with Crippen LogP contribution in [0, 0.1) is 10.1 Å². The van der Waals surface area contributed by atoms with E-state index in [-0.39, 0.29) is 11.4 Å². The number of hydrogen-bond donors (Lipinski definition) is 1. The molecule has 6 nitrogen and oxygen atoms in total. The molecule has 0 aromatic heterocycles. The van der Waals surface area contributed by atoms with Gasteiger partial charge in [0.05, 0.1) is 4.92 Å². The first-order valence-electron chi connectivity index (χ1n) is 6.89. The van der Waals surface area contributed by atoms with Crippen LogP contribution >= 0.6 is 0 Å². The molecule has 0 bridgehead atoms. The average Bonchev–Trinajstić information content (AvgIpc) is 2.40. The molecule has 2 rings (SSSR count). The van der Waals surface area contributed by atoms with Gasteiger partial charge in [0.15, 0.2) is 0 Å². The van der Waals surface area contributed by atoms with E-state index in [1.165, 1.54) is 12.8 Å². The van der Waals surface area contributed by atoms with Crippen molar-refractivity contribution in [1.82, 2.24) is 9.80 Å². The Morgan fingerprint density at radius 1 is 1.55 bits per heavy atom. The van der Waals surface area contributed by atoms with Gasteiger partial charge in [-0.1, -0.05) is 6.07 Å². The van der Waals surface area contributed by atoms with Gasteiger partial charge in [-0.2, -0.15) is 0 Å². The Kier molecular flexibility index (Phi) is 4.57. The number of nitro groups is 1. The van der Waals surface area contributed by atoms with Crippen LogP contribution in [0.3, 0.4) is 0 Å². The van der Waals surface area contributed by atoms with E-state index in [9.17, 15) is 10.1 Å². The summed E-state index contributed by atoms with van der Waals surface area (Å²) in [6.45, 7) is 2.91. The average molecular weight is 278 g/mol. The van der Waals surface area contributed by atoms with E-state index >= 15 is 0 Å². The topological polar surface area (TPSA) is 75.6 Å². The summed E-state index contributed by atoms with van der Waals surface area (Å²) in [6, 6.07) is 5.57. The Morgan fingerprint density at radius 3 is 2.95 bits per heavy atom. The predicted molar refractivity (Wildman–Crippen MR) is 79.5 cm³/mol. The lowest BCUT2D eigenvalue weighted by Crippen LogP contribution is -2.44. The predicted octanol–water partition coefficient (Wildman–Crippen LogP) is 1.70. The van der Waals surface area contributed by atoms with Crippen molar-refractivity contribution in [2.75, 3.05) is 32.9 Å². The van der Waals surface area contributed by atoms with E-state index in [2.05, 4.69) is 23.9 Å². The van der Waals surface area contributed by atoms with Gasteiger partial charge in [-0.05, 0) is 45.1 Å². The van der Waals surface area contributed by atoms with Crippen molar-refractivity contribution in [3.8, 4) is 0 Å². The smallest absolute Gasteiger partial charge is 0.292 e. The van der Waals surface area contributed by atoms with Gasteiger partial charge in [0.1, 0.15) is 5.69 Å². The van der Waals surface area contributed by atoms with Gasteiger partial charge in [0.25, 0.3) is 5.69 Å². The lowest BCUT2D eigenvalue weighted by molar-refractivity contribution is -0.384. The summed E-state index contributed by atoms with van der Waals surface area (Å²) < 4.78 is 0. The lowest BCUT2D eigenvalue weighted by Gasteiger charge is -2.35. The molecule has 0 amide bonds. The van der Waals surface area contributed by atoms with E-state index in [1.807, 2.05) is 6.07 Å². The van der Waals surface area contributed by atoms with Crippen LogP contribution in [0.5, 0.6) is 0 Å². The maximum atomic E-state index is 10.9. The van der Waals surface area contributed by atoms with Crippen LogP contribution < -0.4 is 5.73 Å². The fourth-order valence-corrected chi connectivity index (χ4v) is 2.76. The van der Waals surface area contributed by atoms with Crippen LogP contribution in [0.2, 0.25) is 0 Å². The van der Waals surface area contributed by atoms with Crippen molar-refractivity contribution in [1.29, 1.82) is 0 Å². The number of nitrogens with two attached hydrogens (primary N) is 1. The van der Waals surface area contributed by atoms with Gasteiger partial charge in [0.2, 0.25) is 0 Å². The van der Waals surface area contributed by atoms with E-state index in [4.69, 9.17) is 5.73 Å². The third kappa shape index (κ3) is 3.46. The summed E-state index contributed by atoms with van der Waals surface area (Å²) in [5.41, 5.74) is 6.77. The van der Waals surface area contributed by atoms with Crippen LogP contribution in [0.4, 0.5) is 11.4 Å². The van der Waals surface area contributed by atoms with Gasteiger partial charge in [-0.25, -0.2) is 0 Å². The highest BCUT2D eigenvalue weighted by atomic mass is 16.6. The van der Waals surface area contributed by atoms with Gasteiger partial charge < -0.3 is 10.6 Å². The summed E-state index contributed by atoms with van der Waals surface area (Å²) in [5, 5.41) is 10.9. The zero-order chi connectivity index (χ0) is 14.7. The minimum absolute atomic E-state index is 0.00309. The normalized spacial score (nSPS) is 20.2. The van der Waals surface area contributed by atoms with Crippen molar-refractivity contribution < 1.29 is 4.92 Å². The molecule has 1 atom stereocenters. The largest absolute Gasteiger partial charge is 0.393 e. The van der Waals surface area contributed by atoms with Crippen LogP contribution in [0.25, 0.3) is 0 Å². The number of nitrogen functional groups attached to an aromatic ring is 1. The fourth-order valence-electron chi connectivity index (χ4n) is 2.76. The molecule has 1 unspecified atom stereocenters. The number of benzene rings is 1. The van der Waals surface area contributed by atoms with Gasteiger partial charge in [-0.3, -0.25) is 15.0 Å². The molecule has 0 aliphatic carbocycles. The monoisotopic (exact) mass is 278 g/mol. The third-order valence-electron chi connectivity index (χ3n) is 3.95. The summed E-state index contributed by atoms with van der Waals surface area (Å²) >= 11 is 0. The first-order valence-corrected chi connectivity index (χ1v) is 6.89. The second-order valence-corrected chi connectivity index (χ2v) is 5.62. The highest BCUT2D eigenvalue weighted by molar-refractivity contribution is 5.59. The number of nitro benzene ring substituents is 1. The molecule has 1 heterocycles. The van der Waals surface area contributed by atoms with E-state index < -0.39 is 4.92 Å². The van der Waals surface area contributed by atoms with Crippen molar-refractivity contribution >= 4 is 11.4 Å². The minimum Gasteiger partial charge on any atom is -0.393 e. The molecular weight excluding hydrogens is 256 g/mol. The SMILES string of the molecule is CN1CCCC(N(C)Cc2ccc(N)c([N+](=O)[O-])c2)C1. The molecule has 0 saturated carbocycles. The van der Waals surface area contributed by atoms with Crippen molar-refractivity contribution in [3.63, 3.8) is 0 Å². The second kappa shape index (κ2) is 6.19. The number of rotatable bonds is 4. The van der Waals surface area contributed by atoms with Gasteiger partial charge in [-0.15, -0.1) is 0 Å². The molecule has 1 aliphatic rings. The number of hydrogen-bond acceptors (Lipinski definition) is 5. The standard InChI is InChI=1S/C14H22N4O2/c1-16-7-3-4-12(10-16)17(2)9-11-5-6-13(15)14(8-11)18(19)20/h5-6,8,12H,3-4,7,9-10,15H2,1-2H3. The first-order chi connectivity index (χ1) is 9.47. The minimum atomic E-state index is -0.423. The summed E-state index contributed by atoms with van der Waals surface area (Å²) in [7, 11) is 4.21. The zero-order valence-corrected chi connectivity index (χ0v) is 12.1. The Labute approximate surface area is 119 Å². The molecule has 1 saturated heterocycles. The van der Waals surface area contributed by atoms with Crippen LogP contribution in [-0.4, -0.2) is 47.9 Å². The molecule has 0 spiro atoms. The zero-order valence-electron chi connectivity index (χ0n) is 12.1. The Balaban J connectivity index is 2.05. The maximum Gasteiger partial charge on any atom is 0.292 e. The van der Waals surface area contributed by atoms with E-state index in [0.29, 0.717) is 12.6 Å². The number of nitrogens with zero attached hydrogens (tertiary/aromatic N) is 3. The van der Waals surface area contributed by atoms with E-state index in [0.717, 1.165) is 18.7 Å². The number of piperidine rings is 1. The molecule has 110 valence electrons.